The highest BCUT2D eigenvalue weighted by atomic mass is 16.7. The lowest BCUT2D eigenvalue weighted by atomic mass is 9.98. The summed E-state index contributed by atoms with van der Waals surface area (Å²) < 4.78 is 0. The molecule has 1 atom stereocenters. The Balaban J connectivity index is 2.55. The van der Waals surface area contributed by atoms with Crippen LogP contribution < -0.4 is 0 Å². The van der Waals surface area contributed by atoms with Crippen LogP contribution in [0.2, 0.25) is 0 Å². The van der Waals surface area contributed by atoms with Gasteiger partial charge in [-0.1, -0.05) is 37.3 Å². The Morgan fingerprint density at radius 2 is 1.58 bits per heavy atom. The third-order valence-electron chi connectivity index (χ3n) is 3.07. The molecule has 19 heavy (non-hydrogen) atoms. The van der Waals surface area contributed by atoms with Gasteiger partial charge in [0.05, 0.1) is 6.42 Å². The van der Waals surface area contributed by atoms with Gasteiger partial charge in [-0.25, -0.2) is 0 Å². The molecule has 0 fully saturated rings. The molecule has 0 bridgehead atoms. The quantitative estimate of drug-likeness (QED) is 0.732. The Morgan fingerprint density at radius 3 is 2.05 bits per heavy atom. The van der Waals surface area contributed by atoms with Crippen LogP contribution in [0.1, 0.15) is 52.5 Å². The number of carbonyl (C=O) groups excluding carboxylic acids is 1. The molecule has 1 unspecified atom stereocenters. The summed E-state index contributed by atoms with van der Waals surface area (Å²) in [7, 11) is 0. The normalized spacial score (nSPS) is 13.1. The van der Waals surface area contributed by atoms with Crippen molar-refractivity contribution in [1.82, 2.24) is 5.06 Å². The molecule has 0 aromatic heterocycles. The highest BCUT2D eigenvalue weighted by Gasteiger charge is 2.20. The molecule has 0 N–H and O–H groups in total. The van der Waals surface area contributed by atoms with Gasteiger partial charge in [0.1, 0.15) is 0 Å². The molecule has 0 aliphatic carbocycles. The first-order valence-corrected chi connectivity index (χ1v) is 6.96. The van der Waals surface area contributed by atoms with Crippen LogP contribution >= 0.6 is 0 Å². The molecule has 1 aromatic carbocycles. The van der Waals surface area contributed by atoms with Gasteiger partial charge < -0.3 is 4.84 Å². The molecule has 0 heterocycles. The van der Waals surface area contributed by atoms with Crippen LogP contribution in [0, 0.1) is 0 Å². The van der Waals surface area contributed by atoms with Crippen LogP contribution in [0.4, 0.5) is 0 Å². The van der Waals surface area contributed by atoms with Crippen molar-refractivity contribution < 1.29 is 9.63 Å². The molecule has 106 valence electrons. The van der Waals surface area contributed by atoms with E-state index in [-0.39, 0.29) is 24.0 Å². The largest absolute Gasteiger partial charge is 0.367 e. The fraction of sp³-hybridized carbons (Fsp3) is 0.562. The maximum Gasteiger partial charge on any atom is 0.325 e. The molecule has 0 saturated heterocycles. The van der Waals surface area contributed by atoms with E-state index in [9.17, 15) is 4.79 Å². The first-order valence-electron chi connectivity index (χ1n) is 6.96. The molecule has 3 heteroatoms. The van der Waals surface area contributed by atoms with E-state index in [2.05, 4.69) is 0 Å². The minimum atomic E-state index is -0.168. The smallest absolute Gasteiger partial charge is 0.325 e. The molecular weight excluding hydrogens is 238 g/mol. The van der Waals surface area contributed by atoms with Crippen LogP contribution in [0.3, 0.4) is 0 Å². The molecule has 0 saturated carbocycles. The number of carbonyl (C=O) groups is 1. The van der Waals surface area contributed by atoms with Crippen molar-refractivity contribution in [1.29, 1.82) is 0 Å². The maximum atomic E-state index is 12.0. The van der Waals surface area contributed by atoms with E-state index in [1.54, 1.807) is 5.06 Å². The Hall–Kier alpha value is -1.35. The zero-order chi connectivity index (χ0) is 14.4. The zero-order valence-electron chi connectivity index (χ0n) is 12.6. The second-order valence-corrected chi connectivity index (χ2v) is 5.53. The summed E-state index contributed by atoms with van der Waals surface area (Å²) >= 11 is 0. The average Bonchev–Trinajstić information content (AvgIpc) is 2.36. The SMILES string of the molecule is CC(CC(=O)ON(C(C)C)C(C)C)c1ccccc1. The van der Waals surface area contributed by atoms with Crippen molar-refractivity contribution >= 4 is 5.97 Å². The molecule has 0 spiro atoms. The third kappa shape index (κ3) is 5.03. The summed E-state index contributed by atoms with van der Waals surface area (Å²) in [5.41, 5.74) is 1.17. The third-order valence-corrected chi connectivity index (χ3v) is 3.07. The van der Waals surface area contributed by atoms with Gasteiger partial charge in [-0.2, -0.15) is 0 Å². The number of hydroxylamine groups is 2. The zero-order valence-corrected chi connectivity index (χ0v) is 12.6. The standard InChI is InChI=1S/C16H25NO2/c1-12(2)17(13(3)4)19-16(18)11-14(5)15-9-7-6-8-10-15/h6-10,12-14H,11H2,1-5H3. The van der Waals surface area contributed by atoms with Crippen LogP contribution in [-0.4, -0.2) is 23.1 Å². The minimum Gasteiger partial charge on any atom is -0.367 e. The summed E-state index contributed by atoms with van der Waals surface area (Å²) in [5.74, 6) is 0.00799. The molecule has 0 amide bonds. The summed E-state index contributed by atoms with van der Waals surface area (Å²) in [6.07, 6.45) is 0.403. The van der Waals surface area contributed by atoms with Crippen LogP contribution in [0.5, 0.6) is 0 Å². The van der Waals surface area contributed by atoms with Crippen LogP contribution in [0.15, 0.2) is 30.3 Å². The highest BCUT2D eigenvalue weighted by Crippen LogP contribution is 2.19. The van der Waals surface area contributed by atoms with Crippen molar-refractivity contribution in [3.63, 3.8) is 0 Å². The van der Waals surface area contributed by atoms with Crippen molar-refractivity contribution in [3.8, 4) is 0 Å². The van der Waals surface area contributed by atoms with Gasteiger partial charge in [-0.15, -0.1) is 5.06 Å². The molecule has 0 radical (unpaired) electrons. The number of benzene rings is 1. The van der Waals surface area contributed by atoms with Gasteiger partial charge in [0.25, 0.3) is 0 Å². The Kier molecular flexibility index (Phi) is 6.03. The lowest BCUT2D eigenvalue weighted by molar-refractivity contribution is -0.209. The molecular formula is C16H25NO2. The van der Waals surface area contributed by atoms with Crippen LogP contribution in [0.25, 0.3) is 0 Å². The monoisotopic (exact) mass is 263 g/mol. The van der Waals surface area contributed by atoms with Crippen molar-refractivity contribution in [2.24, 2.45) is 0 Å². The lowest BCUT2D eigenvalue weighted by Crippen LogP contribution is -2.39. The van der Waals surface area contributed by atoms with Gasteiger partial charge in [-0.05, 0) is 39.2 Å². The molecule has 1 aromatic rings. The van der Waals surface area contributed by atoms with E-state index < -0.39 is 0 Å². The Labute approximate surface area is 116 Å². The van der Waals surface area contributed by atoms with Gasteiger partial charge in [-0.3, -0.25) is 4.79 Å². The number of hydrogen-bond donors (Lipinski definition) is 0. The molecule has 1 rings (SSSR count). The maximum absolute atomic E-state index is 12.0. The Morgan fingerprint density at radius 1 is 1.05 bits per heavy atom. The fourth-order valence-electron chi connectivity index (χ4n) is 2.11. The second kappa shape index (κ2) is 7.29. The molecule has 0 aliphatic heterocycles. The van der Waals surface area contributed by atoms with Crippen LogP contribution in [-0.2, 0) is 9.63 Å². The number of nitrogens with zero attached hydrogens (tertiary/aromatic N) is 1. The summed E-state index contributed by atoms with van der Waals surface area (Å²) in [5, 5.41) is 1.75. The van der Waals surface area contributed by atoms with Crippen molar-refractivity contribution in [2.45, 2.75) is 59.0 Å². The van der Waals surface area contributed by atoms with E-state index in [1.807, 2.05) is 65.0 Å². The predicted octanol–water partition coefficient (Wildman–Crippen LogP) is 3.76. The van der Waals surface area contributed by atoms with E-state index in [4.69, 9.17) is 4.84 Å². The number of rotatable bonds is 6. The fourth-order valence-corrected chi connectivity index (χ4v) is 2.11. The van der Waals surface area contributed by atoms with Gasteiger partial charge in [0, 0.05) is 12.1 Å². The average molecular weight is 263 g/mol. The summed E-state index contributed by atoms with van der Waals surface area (Å²) in [6.45, 7) is 10.1. The second-order valence-electron chi connectivity index (χ2n) is 5.53. The van der Waals surface area contributed by atoms with Gasteiger partial charge in [0.2, 0.25) is 0 Å². The lowest BCUT2D eigenvalue weighted by Gasteiger charge is -2.28. The topological polar surface area (TPSA) is 29.5 Å². The van der Waals surface area contributed by atoms with E-state index in [0.29, 0.717) is 6.42 Å². The number of hydrogen-bond acceptors (Lipinski definition) is 3. The van der Waals surface area contributed by atoms with Gasteiger partial charge >= 0.3 is 5.97 Å². The predicted molar refractivity (Wildman–Crippen MR) is 77.7 cm³/mol. The molecule has 0 aliphatic rings. The Bertz CT molecular complexity index is 379. The first-order chi connectivity index (χ1) is 8.91. The van der Waals surface area contributed by atoms with E-state index in [1.165, 1.54) is 5.56 Å². The minimum absolute atomic E-state index is 0.168. The highest BCUT2D eigenvalue weighted by molar-refractivity contribution is 5.70. The van der Waals surface area contributed by atoms with E-state index >= 15 is 0 Å². The van der Waals surface area contributed by atoms with Gasteiger partial charge in [0.15, 0.2) is 0 Å². The van der Waals surface area contributed by atoms with Crippen molar-refractivity contribution in [3.05, 3.63) is 35.9 Å². The molecule has 3 nitrogen and oxygen atoms in total. The first kappa shape index (κ1) is 15.7. The summed E-state index contributed by atoms with van der Waals surface area (Å²) in [4.78, 5) is 17.4. The van der Waals surface area contributed by atoms with E-state index in [0.717, 1.165) is 0 Å². The summed E-state index contributed by atoms with van der Waals surface area (Å²) in [6, 6.07) is 10.4. The van der Waals surface area contributed by atoms with Crippen molar-refractivity contribution in [2.75, 3.05) is 0 Å².